The lowest BCUT2D eigenvalue weighted by Crippen LogP contribution is -2.54. The highest BCUT2D eigenvalue weighted by Gasteiger charge is 2.37. The summed E-state index contributed by atoms with van der Waals surface area (Å²) in [4.78, 5) is 52.3. The number of benzene rings is 3. The number of hydrogen-bond donors (Lipinski definition) is 2. The second-order valence-corrected chi connectivity index (χ2v) is 9.32. The van der Waals surface area contributed by atoms with Crippen LogP contribution in [0.4, 0.5) is 16.2 Å². The van der Waals surface area contributed by atoms with Crippen LogP contribution in [0, 0.1) is 0 Å². The molecule has 0 radical (unpaired) electrons. The molecule has 1 fully saturated rings. The predicted octanol–water partition coefficient (Wildman–Crippen LogP) is 4.58. The molecule has 0 aliphatic carbocycles. The van der Waals surface area contributed by atoms with Crippen LogP contribution in [0.3, 0.4) is 0 Å². The Balaban J connectivity index is 1.54. The monoisotopic (exact) mass is 603 g/mol. The largest absolute Gasteiger partial charge is 0.495 e. The molecule has 0 unspecified atom stereocenters. The molecule has 1 heterocycles. The van der Waals surface area contributed by atoms with Crippen LogP contribution in [0.2, 0.25) is 0 Å². The number of para-hydroxylation sites is 2. The standard InChI is InChI=1S/C32H33N3O9/c1-5-15-43-25-14-12-21(18-27(25)41-4)35-31(38)22(30(37)34-32(35)39)16-20-11-13-26(28(17-20)42-6-2)44-19-29(36)33-23-9-7-8-10-24(23)40-3/h7-14,16-18H,5-6,15,19H2,1-4H3,(H,33,36)(H,34,37,39)/b22-16-. The molecule has 5 amide bonds. The van der Waals surface area contributed by atoms with Gasteiger partial charge in [0.2, 0.25) is 0 Å². The van der Waals surface area contributed by atoms with E-state index in [0.29, 0.717) is 35.1 Å². The van der Waals surface area contributed by atoms with Crippen molar-refractivity contribution >= 4 is 41.2 Å². The predicted molar refractivity (Wildman–Crippen MR) is 163 cm³/mol. The van der Waals surface area contributed by atoms with Crippen LogP contribution in [0.25, 0.3) is 6.08 Å². The third-order valence-electron chi connectivity index (χ3n) is 6.29. The molecule has 12 heteroatoms. The number of carbonyl (C=O) groups excluding carboxylic acids is 4. The van der Waals surface area contributed by atoms with Crippen LogP contribution >= 0.6 is 0 Å². The van der Waals surface area contributed by atoms with E-state index in [2.05, 4.69) is 10.6 Å². The molecular formula is C32H33N3O9. The smallest absolute Gasteiger partial charge is 0.335 e. The number of nitrogens with zero attached hydrogens (tertiary/aromatic N) is 1. The number of hydrogen-bond acceptors (Lipinski definition) is 9. The lowest BCUT2D eigenvalue weighted by Gasteiger charge is -2.27. The van der Waals surface area contributed by atoms with E-state index in [1.165, 1.54) is 32.4 Å². The molecular weight excluding hydrogens is 570 g/mol. The molecule has 1 saturated heterocycles. The van der Waals surface area contributed by atoms with Crippen molar-refractivity contribution in [3.8, 4) is 28.7 Å². The van der Waals surface area contributed by atoms with Gasteiger partial charge < -0.3 is 29.0 Å². The summed E-state index contributed by atoms with van der Waals surface area (Å²) < 4.78 is 27.7. The third kappa shape index (κ3) is 7.27. The summed E-state index contributed by atoms with van der Waals surface area (Å²) in [6.45, 7) is 4.17. The number of amides is 5. The number of carbonyl (C=O) groups is 4. The van der Waals surface area contributed by atoms with Crippen molar-refractivity contribution < 1.29 is 42.9 Å². The molecule has 230 valence electrons. The summed E-state index contributed by atoms with van der Waals surface area (Å²) in [5.41, 5.74) is 0.838. The van der Waals surface area contributed by atoms with E-state index in [0.717, 1.165) is 11.3 Å². The SMILES string of the molecule is CCCOc1ccc(N2C(=O)NC(=O)/C(=C/c3ccc(OCC(=O)Nc4ccccc4OC)c(OCC)c3)C2=O)cc1OC. The van der Waals surface area contributed by atoms with Gasteiger partial charge in [-0.05, 0) is 61.4 Å². The van der Waals surface area contributed by atoms with E-state index in [1.807, 2.05) is 6.92 Å². The first-order valence-corrected chi connectivity index (χ1v) is 13.8. The van der Waals surface area contributed by atoms with Crippen molar-refractivity contribution in [1.29, 1.82) is 0 Å². The second-order valence-electron chi connectivity index (χ2n) is 9.32. The zero-order valence-corrected chi connectivity index (χ0v) is 24.8. The maximum absolute atomic E-state index is 13.5. The van der Waals surface area contributed by atoms with Gasteiger partial charge >= 0.3 is 6.03 Å². The van der Waals surface area contributed by atoms with Gasteiger partial charge in [-0.2, -0.15) is 0 Å². The molecule has 1 aliphatic rings. The highest BCUT2D eigenvalue weighted by Crippen LogP contribution is 2.34. The molecule has 2 N–H and O–H groups in total. The highest BCUT2D eigenvalue weighted by molar-refractivity contribution is 6.39. The van der Waals surface area contributed by atoms with E-state index in [-0.39, 0.29) is 36.0 Å². The summed E-state index contributed by atoms with van der Waals surface area (Å²) in [5, 5.41) is 4.94. The Bertz CT molecular complexity index is 1580. The molecule has 0 aromatic heterocycles. The Labute approximate surface area is 254 Å². The molecule has 1 aliphatic heterocycles. The van der Waals surface area contributed by atoms with Crippen LogP contribution in [0.1, 0.15) is 25.8 Å². The molecule has 0 bridgehead atoms. The number of rotatable bonds is 13. The van der Waals surface area contributed by atoms with Gasteiger partial charge in [0.25, 0.3) is 17.7 Å². The number of anilines is 2. The molecule has 0 atom stereocenters. The van der Waals surface area contributed by atoms with Crippen molar-refractivity contribution in [1.82, 2.24) is 5.32 Å². The quantitative estimate of drug-likeness (QED) is 0.212. The number of methoxy groups -OCH3 is 2. The van der Waals surface area contributed by atoms with Gasteiger partial charge in [0.15, 0.2) is 29.6 Å². The minimum absolute atomic E-state index is 0.191. The lowest BCUT2D eigenvalue weighted by atomic mass is 10.1. The van der Waals surface area contributed by atoms with Crippen molar-refractivity contribution in [2.24, 2.45) is 0 Å². The van der Waals surface area contributed by atoms with Crippen molar-refractivity contribution in [3.05, 3.63) is 71.8 Å². The summed E-state index contributed by atoms with van der Waals surface area (Å²) in [5.74, 6) is -0.239. The van der Waals surface area contributed by atoms with Gasteiger partial charge in [-0.25, -0.2) is 9.69 Å². The average Bonchev–Trinajstić information content (AvgIpc) is 3.02. The summed E-state index contributed by atoms with van der Waals surface area (Å²) in [6.07, 6.45) is 2.12. The molecule has 0 saturated carbocycles. The minimum atomic E-state index is -0.897. The molecule has 44 heavy (non-hydrogen) atoms. The second kappa shape index (κ2) is 14.6. The normalized spacial score (nSPS) is 13.8. The number of urea groups is 1. The zero-order chi connectivity index (χ0) is 31.6. The minimum Gasteiger partial charge on any atom is -0.495 e. The molecule has 4 rings (SSSR count). The maximum atomic E-state index is 13.5. The van der Waals surface area contributed by atoms with Gasteiger partial charge in [0.05, 0.1) is 38.8 Å². The van der Waals surface area contributed by atoms with Crippen molar-refractivity contribution in [2.75, 3.05) is 44.3 Å². The number of ether oxygens (including phenoxy) is 5. The maximum Gasteiger partial charge on any atom is 0.335 e. The van der Waals surface area contributed by atoms with Crippen LogP contribution in [0.15, 0.2) is 66.2 Å². The van der Waals surface area contributed by atoms with E-state index in [9.17, 15) is 19.2 Å². The fourth-order valence-electron chi connectivity index (χ4n) is 4.26. The number of nitrogens with one attached hydrogen (secondary N) is 2. The first-order chi connectivity index (χ1) is 21.3. The van der Waals surface area contributed by atoms with Gasteiger partial charge in [0.1, 0.15) is 11.3 Å². The lowest BCUT2D eigenvalue weighted by molar-refractivity contribution is -0.122. The molecule has 3 aromatic rings. The van der Waals surface area contributed by atoms with Gasteiger partial charge in [0, 0.05) is 6.07 Å². The average molecular weight is 604 g/mol. The van der Waals surface area contributed by atoms with Gasteiger partial charge in [-0.15, -0.1) is 0 Å². The van der Waals surface area contributed by atoms with Crippen LogP contribution < -0.4 is 39.2 Å². The van der Waals surface area contributed by atoms with Gasteiger partial charge in [-0.3, -0.25) is 19.7 Å². The van der Waals surface area contributed by atoms with E-state index >= 15 is 0 Å². The summed E-state index contributed by atoms with van der Waals surface area (Å²) in [7, 11) is 2.95. The fourth-order valence-corrected chi connectivity index (χ4v) is 4.26. The summed E-state index contributed by atoms with van der Waals surface area (Å²) >= 11 is 0. The highest BCUT2D eigenvalue weighted by atomic mass is 16.5. The third-order valence-corrected chi connectivity index (χ3v) is 6.29. The Morgan fingerprint density at radius 2 is 1.57 bits per heavy atom. The van der Waals surface area contributed by atoms with E-state index in [4.69, 9.17) is 23.7 Å². The Kier molecular flexibility index (Phi) is 10.4. The van der Waals surface area contributed by atoms with Crippen molar-refractivity contribution in [3.63, 3.8) is 0 Å². The Morgan fingerprint density at radius 3 is 2.30 bits per heavy atom. The topological polar surface area (TPSA) is 142 Å². The van der Waals surface area contributed by atoms with Crippen molar-refractivity contribution in [2.45, 2.75) is 20.3 Å². The first-order valence-electron chi connectivity index (χ1n) is 13.8. The molecule has 12 nitrogen and oxygen atoms in total. The zero-order valence-electron chi connectivity index (χ0n) is 24.8. The number of imide groups is 2. The Morgan fingerprint density at radius 1 is 0.841 bits per heavy atom. The van der Waals surface area contributed by atoms with Crippen LogP contribution in [-0.4, -0.2) is 57.8 Å². The first kappa shape index (κ1) is 31.4. The number of barbiturate groups is 1. The van der Waals surface area contributed by atoms with Crippen LogP contribution in [-0.2, 0) is 14.4 Å². The van der Waals surface area contributed by atoms with Gasteiger partial charge in [-0.1, -0.05) is 25.1 Å². The summed E-state index contributed by atoms with van der Waals surface area (Å²) in [6, 6.07) is 15.4. The fraction of sp³-hybridized carbons (Fsp3) is 0.250. The van der Waals surface area contributed by atoms with E-state index < -0.39 is 23.8 Å². The van der Waals surface area contributed by atoms with Crippen LogP contribution in [0.5, 0.6) is 28.7 Å². The molecule has 3 aromatic carbocycles. The van der Waals surface area contributed by atoms with E-state index in [1.54, 1.807) is 55.5 Å². The molecule has 0 spiro atoms. The Hall–Kier alpha value is -5.52.